The number of anilines is 1. The number of halogens is 2. The third-order valence-corrected chi connectivity index (χ3v) is 3.04. The van der Waals surface area contributed by atoms with E-state index < -0.39 is 5.82 Å². The van der Waals surface area contributed by atoms with Gasteiger partial charge in [-0.15, -0.1) is 0 Å². The molecular weight excluding hydrogens is 263 g/mol. The minimum absolute atomic E-state index is 0.128. The Morgan fingerprint density at radius 2 is 1.89 bits per heavy atom. The second-order valence-corrected chi connectivity index (χ2v) is 4.51. The van der Waals surface area contributed by atoms with Crippen LogP contribution in [0.2, 0.25) is 5.02 Å². The molecule has 0 saturated heterocycles. The van der Waals surface area contributed by atoms with Gasteiger partial charge in [0.05, 0.1) is 17.5 Å². The van der Waals surface area contributed by atoms with Gasteiger partial charge < -0.3 is 5.32 Å². The normalized spacial score (nSPS) is 9.95. The van der Waals surface area contributed by atoms with Gasteiger partial charge in [-0.25, -0.2) is 4.39 Å². The average Bonchev–Trinajstić information content (AvgIpc) is 2.42. The quantitative estimate of drug-likeness (QED) is 0.909. The van der Waals surface area contributed by atoms with Crippen LogP contribution in [-0.4, -0.2) is 0 Å². The van der Waals surface area contributed by atoms with Crippen molar-refractivity contribution < 1.29 is 4.39 Å². The first-order valence-electron chi connectivity index (χ1n) is 5.83. The number of hydrogen-bond donors (Lipinski definition) is 1. The molecule has 2 aromatic rings. The molecule has 4 heteroatoms. The van der Waals surface area contributed by atoms with Gasteiger partial charge in [0.25, 0.3) is 0 Å². The van der Waals surface area contributed by atoms with Crippen molar-refractivity contribution in [3.8, 4) is 6.07 Å². The number of nitrogens with one attached hydrogen (secondary N) is 1. The summed E-state index contributed by atoms with van der Waals surface area (Å²) < 4.78 is 13.7. The van der Waals surface area contributed by atoms with Crippen molar-refractivity contribution in [3.05, 3.63) is 64.4 Å². The minimum atomic E-state index is -0.391. The number of nitriles is 1. The maximum Gasteiger partial charge on any atom is 0.146 e. The summed E-state index contributed by atoms with van der Waals surface area (Å²) >= 11 is 5.72. The average molecular weight is 275 g/mol. The smallest absolute Gasteiger partial charge is 0.146 e. The van der Waals surface area contributed by atoms with Gasteiger partial charge in [-0.3, -0.25) is 0 Å². The molecule has 0 aromatic heterocycles. The summed E-state index contributed by atoms with van der Waals surface area (Å²) in [7, 11) is 0. The topological polar surface area (TPSA) is 35.8 Å². The van der Waals surface area contributed by atoms with Crippen LogP contribution in [-0.2, 0) is 13.0 Å². The van der Waals surface area contributed by atoms with Gasteiger partial charge in [-0.1, -0.05) is 35.9 Å². The van der Waals surface area contributed by atoms with Gasteiger partial charge in [0.15, 0.2) is 0 Å². The Bertz CT molecular complexity index is 603. The van der Waals surface area contributed by atoms with Crippen LogP contribution in [0.4, 0.5) is 10.1 Å². The summed E-state index contributed by atoms with van der Waals surface area (Å²) in [4.78, 5) is 0. The van der Waals surface area contributed by atoms with E-state index >= 15 is 0 Å². The fraction of sp³-hybridized carbons (Fsp3) is 0.133. The van der Waals surface area contributed by atoms with E-state index in [1.807, 2.05) is 24.3 Å². The van der Waals surface area contributed by atoms with Gasteiger partial charge >= 0.3 is 0 Å². The van der Waals surface area contributed by atoms with Crippen LogP contribution in [0.15, 0.2) is 42.5 Å². The highest BCUT2D eigenvalue weighted by molar-refractivity contribution is 6.30. The summed E-state index contributed by atoms with van der Waals surface area (Å²) in [6, 6.07) is 14.5. The summed E-state index contributed by atoms with van der Waals surface area (Å²) in [5.41, 5.74) is 2.36. The summed E-state index contributed by atoms with van der Waals surface area (Å²) in [6.45, 7) is 0.365. The van der Waals surface area contributed by atoms with E-state index in [1.54, 1.807) is 12.1 Å². The molecule has 0 bridgehead atoms. The van der Waals surface area contributed by atoms with Crippen LogP contribution in [0.3, 0.4) is 0 Å². The van der Waals surface area contributed by atoms with Gasteiger partial charge in [0, 0.05) is 17.8 Å². The van der Waals surface area contributed by atoms with E-state index in [0.717, 1.165) is 11.3 Å². The molecular formula is C15H12ClFN2. The zero-order chi connectivity index (χ0) is 13.7. The molecule has 0 saturated carbocycles. The van der Waals surface area contributed by atoms with Gasteiger partial charge in [0.2, 0.25) is 0 Å². The molecule has 0 radical (unpaired) electrons. The number of nitrogens with zero attached hydrogens (tertiary/aromatic N) is 1. The highest BCUT2D eigenvalue weighted by Gasteiger charge is 2.05. The maximum absolute atomic E-state index is 13.7. The summed E-state index contributed by atoms with van der Waals surface area (Å²) in [5.74, 6) is -0.391. The van der Waals surface area contributed by atoms with Crippen molar-refractivity contribution in [2.75, 3.05) is 5.32 Å². The Labute approximate surface area is 116 Å². The molecule has 2 rings (SSSR count). The monoisotopic (exact) mass is 274 g/mol. The van der Waals surface area contributed by atoms with E-state index in [4.69, 9.17) is 16.9 Å². The lowest BCUT2D eigenvalue weighted by atomic mass is 10.1. The Hall–Kier alpha value is -2.05. The third-order valence-electron chi connectivity index (χ3n) is 2.75. The zero-order valence-electron chi connectivity index (χ0n) is 10.2. The molecule has 0 fully saturated rings. The highest BCUT2D eigenvalue weighted by Crippen LogP contribution is 2.19. The highest BCUT2D eigenvalue weighted by atomic mass is 35.5. The molecule has 0 spiro atoms. The number of rotatable bonds is 4. The molecule has 1 N–H and O–H groups in total. The first-order valence-corrected chi connectivity index (χ1v) is 6.21. The molecule has 0 aliphatic carbocycles. The molecule has 0 atom stereocenters. The lowest BCUT2D eigenvalue weighted by Crippen LogP contribution is -2.02. The van der Waals surface area contributed by atoms with E-state index in [9.17, 15) is 4.39 Å². The lowest BCUT2D eigenvalue weighted by Gasteiger charge is -2.08. The van der Waals surface area contributed by atoms with Crippen LogP contribution < -0.4 is 5.32 Å². The summed E-state index contributed by atoms with van der Waals surface area (Å²) in [5, 5.41) is 11.8. The molecule has 0 unspecified atom stereocenters. The fourth-order valence-corrected chi connectivity index (χ4v) is 1.91. The number of benzene rings is 2. The first kappa shape index (κ1) is 13.4. The van der Waals surface area contributed by atoms with E-state index in [0.29, 0.717) is 18.5 Å². The van der Waals surface area contributed by atoms with Crippen molar-refractivity contribution in [2.45, 2.75) is 13.0 Å². The second kappa shape index (κ2) is 6.21. The molecule has 0 aliphatic rings. The second-order valence-electron chi connectivity index (χ2n) is 4.10. The largest absolute Gasteiger partial charge is 0.381 e. The van der Waals surface area contributed by atoms with Crippen molar-refractivity contribution in [3.63, 3.8) is 0 Å². The first-order chi connectivity index (χ1) is 9.20. The number of hydrogen-bond acceptors (Lipinski definition) is 2. The predicted molar refractivity (Wildman–Crippen MR) is 74.5 cm³/mol. The standard InChI is InChI=1S/C15H12ClFN2/c16-14-3-1-2-12(15(14)17)10-19-13-6-4-11(5-7-13)8-9-18/h1-7,19H,8,10H2. The Morgan fingerprint density at radius 3 is 2.58 bits per heavy atom. The summed E-state index contributed by atoms with van der Waals surface area (Å²) in [6.07, 6.45) is 0.392. The van der Waals surface area contributed by atoms with Crippen LogP contribution in [0.1, 0.15) is 11.1 Å². The van der Waals surface area contributed by atoms with Crippen LogP contribution in [0.5, 0.6) is 0 Å². The molecule has 2 nitrogen and oxygen atoms in total. The van der Waals surface area contributed by atoms with Crippen LogP contribution in [0, 0.1) is 17.1 Å². The Balaban J connectivity index is 2.02. The molecule has 19 heavy (non-hydrogen) atoms. The van der Waals surface area contributed by atoms with E-state index in [1.165, 1.54) is 6.07 Å². The van der Waals surface area contributed by atoms with Crippen LogP contribution in [0.25, 0.3) is 0 Å². The SMILES string of the molecule is N#CCc1ccc(NCc2cccc(Cl)c2F)cc1. The van der Waals surface area contributed by atoms with Crippen molar-refractivity contribution in [1.82, 2.24) is 0 Å². The molecule has 96 valence electrons. The van der Waals surface area contributed by atoms with Crippen molar-refractivity contribution in [2.24, 2.45) is 0 Å². The Kier molecular flexibility index (Phi) is 4.38. The van der Waals surface area contributed by atoms with Crippen molar-refractivity contribution in [1.29, 1.82) is 5.26 Å². The Morgan fingerprint density at radius 1 is 1.16 bits per heavy atom. The van der Waals surface area contributed by atoms with E-state index in [2.05, 4.69) is 11.4 Å². The molecule has 0 amide bonds. The predicted octanol–water partition coefficient (Wildman–Crippen LogP) is 4.16. The van der Waals surface area contributed by atoms with Gasteiger partial charge in [-0.2, -0.15) is 5.26 Å². The third kappa shape index (κ3) is 3.46. The van der Waals surface area contributed by atoms with E-state index in [-0.39, 0.29) is 5.02 Å². The maximum atomic E-state index is 13.7. The minimum Gasteiger partial charge on any atom is -0.381 e. The molecule has 0 aliphatic heterocycles. The van der Waals surface area contributed by atoms with Crippen molar-refractivity contribution >= 4 is 17.3 Å². The molecule has 0 heterocycles. The fourth-order valence-electron chi connectivity index (χ4n) is 1.71. The zero-order valence-corrected chi connectivity index (χ0v) is 10.9. The molecule has 2 aromatic carbocycles. The lowest BCUT2D eigenvalue weighted by molar-refractivity contribution is 0.613. The van der Waals surface area contributed by atoms with Gasteiger partial charge in [-0.05, 0) is 23.8 Å². The van der Waals surface area contributed by atoms with Gasteiger partial charge in [0.1, 0.15) is 5.82 Å². The van der Waals surface area contributed by atoms with Crippen LogP contribution >= 0.6 is 11.6 Å².